The van der Waals surface area contributed by atoms with Gasteiger partial charge in [0.25, 0.3) is 0 Å². The molecule has 0 saturated carbocycles. The fourth-order valence-electron chi connectivity index (χ4n) is 0. The molecular weight excluding hydrogens is 193 g/mol. The second-order valence-corrected chi connectivity index (χ2v) is 0.349. The topological polar surface area (TPSA) is 37.3 Å². The van der Waals surface area contributed by atoms with Crippen LogP contribution in [-0.2, 0) is 4.79 Å². The summed E-state index contributed by atoms with van der Waals surface area (Å²) < 4.78 is 0. The third-order valence-corrected chi connectivity index (χ3v) is 0.0745. The summed E-state index contributed by atoms with van der Waals surface area (Å²) in [6.45, 7) is -0.361. The van der Waals surface area contributed by atoms with Gasteiger partial charge in [0.15, 0.2) is 0 Å². The molecule has 0 unspecified atom stereocenters. The van der Waals surface area contributed by atoms with E-state index in [0.717, 1.165) is 0 Å². The maximum absolute atomic E-state index is 8.92. The van der Waals surface area contributed by atoms with Gasteiger partial charge in [-0.1, -0.05) is 0 Å². The second-order valence-electron chi connectivity index (χ2n) is 0.349. The molecule has 0 fully saturated rings. The van der Waals surface area contributed by atoms with E-state index in [0.29, 0.717) is 6.29 Å². The summed E-state index contributed by atoms with van der Waals surface area (Å²) in [5.41, 5.74) is 0. The number of aliphatic hydroxyl groups excluding tert-OH is 1. The van der Waals surface area contributed by atoms with Crippen molar-refractivity contribution < 1.29 is 9.90 Å². The van der Waals surface area contributed by atoms with Gasteiger partial charge in [-0.15, -0.1) is 0 Å². The first-order valence-corrected chi connectivity index (χ1v) is 0.960. The molecule has 0 aromatic rings. The fraction of sp³-hybridized carbons (Fsp3) is 0.500. The molecule has 0 aliphatic rings. The molecule has 0 spiro atoms. The third-order valence-electron chi connectivity index (χ3n) is 0.0745. The first kappa shape index (κ1) is 9.50. The van der Waals surface area contributed by atoms with Crippen LogP contribution in [-0.4, -0.2) is 66.9 Å². The number of hydrogen-bond donors (Lipinski definition) is 1. The molecule has 28 valence electrons. The summed E-state index contributed by atoms with van der Waals surface area (Å²) in [4.78, 5) is 8.92. The van der Waals surface area contributed by atoms with Crippen molar-refractivity contribution in [1.82, 2.24) is 0 Å². The molecule has 0 aromatic heterocycles. The van der Waals surface area contributed by atoms with Crippen molar-refractivity contribution in [2.75, 3.05) is 6.61 Å². The second kappa shape index (κ2) is 8.96. The van der Waals surface area contributed by atoms with Crippen LogP contribution in [0.3, 0.4) is 0 Å². The van der Waals surface area contributed by atoms with Gasteiger partial charge in [0.1, 0.15) is 6.29 Å². The Bertz CT molecular complexity index is 21.6. The van der Waals surface area contributed by atoms with Gasteiger partial charge in [-0.05, 0) is 0 Å². The summed E-state index contributed by atoms with van der Waals surface area (Å²) in [6.07, 6.45) is 0.431. The Morgan fingerprint density at radius 2 is 2.00 bits per heavy atom. The monoisotopic (exact) mass is 200 g/mol. The molecule has 0 atom stereocenters. The van der Waals surface area contributed by atoms with E-state index in [1.54, 1.807) is 0 Å². The van der Waals surface area contributed by atoms with E-state index in [9.17, 15) is 0 Å². The van der Waals surface area contributed by atoms with Crippen LogP contribution in [0.1, 0.15) is 0 Å². The number of carbonyl (C=O) groups excluding carboxylic acids is 1. The normalized spacial score (nSPS) is 5.00. The number of aldehydes is 1. The molecule has 0 rings (SSSR count). The van der Waals surface area contributed by atoms with Gasteiger partial charge in [0.05, 0.1) is 6.61 Å². The van der Waals surface area contributed by atoms with E-state index in [1.807, 2.05) is 0 Å². The van der Waals surface area contributed by atoms with Crippen LogP contribution in [0.4, 0.5) is 0 Å². The van der Waals surface area contributed by atoms with E-state index in [1.165, 1.54) is 0 Å². The van der Waals surface area contributed by atoms with Crippen molar-refractivity contribution >= 4 is 55.2 Å². The third kappa shape index (κ3) is 11.0. The molecule has 1 N–H and O–H groups in total. The molecule has 0 amide bonds. The van der Waals surface area contributed by atoms with Crippen LogP contribution in [0.2, 0.25) is 0 Å². The standard InChI is InChI=1S/C2H4O2.Ba.2H/c3-1-2-4;;;/h1,4H,2H2;;;. The molecular formula is C2H6BaO2. The van der Waals surface area contributed by atoms with Crippen molar-refractivity contribution in [1.29, 1.82) is 0 Å². The van der Waals surface area contributed by atoms with Gasteiger partial charge in [-0.25, -0.2) is 0 Å². The Morgan fingerprint density at radius 1 is 1.80 bits per heavy atom. The van der Waals surface area contributed by atoms with Gasteiger partial charge in [-0.3, -0.25) is 0 Å². The minimum atomic E-state index is -0.361. The van der Waals surface area contributed by atoms with Crippen molar-refractivity contribution in [3.05, 3.63) is 0 Å². The van der Waals surface area contributed by atoms with E-state index >= 15 is 0 Å². The Morgan fingerprint density at radius 3 is 2.00 bits per heavy atom. The zero-order valence-corrected chi connectivity index (χ0v) is 2.14. The van der Waals surface area contributed by atoms with Gasteiger partial charge in [0, 0.05) is 0 Å². The minimum absolute atomic E-state index is 0. The van der Waals surface area contributed by atoms with E-state index in [4.69, 9.17) is 9.90 Å². The van der Waals surface area contributed by atoms with E-state index in [2.05, 4.69) is 0 Å². The zero-order valence-electron chi connectivity index (χ0n) is 2.14. The molecule has 2 nitrogen and oxygen atoms in total. The molecule has 0 aromatic carbocycles. The molecule has 0 bridgehead atoms. The summed E-state index contributed by atoms with van der Waals surface area (Å²) >= 11 is 0. The Hall–Kier alpha value is 1.20. The zero-order chi connectivity index (χ0) is 3.41. The Balaban J connectivity index is 0. The summed E-state index contributed by atoms with van der Waals surface area (Å²) in [5, 5.41) is 7.51. The average molecular weight is 199 g/mol. The van der Waals surface area contributed by atoms with Gasteiger partial charge in [-0.2, -0.15) is 0 Å². The van der Waals surface area contributed by atoms with E-state index in [-0.39, 0.29) is 55.5 Å². The van der Waals surface area contributed by atoms with Gasteiger partial charge >= 0.3 is 48.9 Å². The molecule has 0 saturated heterocycles. The maximum atomic E-state index is 8.92. The number of rotatable bonds is 1. The summed E-state index contributed by atoms with van der Waals surface area (Å²) in [7, 11) is 0. The van der Waals surface area contributed by atoms with Crippen molar-refractivity contribution in [3.63, 3.8) is 0 Å². The van der Waals surface area contributed by atoms with Crippen molar-refractivity contribution in [2.24, 2.45) is 0 Å². The predicted octanol–water partition coefficient (Wildman–Crippen LogP) is -1.74. The van der Waals surface area contributed by atoms with Gasteiger partial charge < -0.3 is 9.90 Å². The Labute approximate surface area is 70.6 Å². The molecule has 0 radical (unpaired) electrons. The first-order chi connectivity index (χ1) is 1.91. The molecule has 0 aliphatic heterocycles. The van der Waals surface area contributed by atoms with Crippen LogP contribution in [0.15, 0.2) is 0 Å². The molecule has 0 heterocycles. The predicted molar refractivity (Wildman–Crippen MR) is 21.7 cm³/mol. The number of aliphatic hydroxyl groups is 1. The SMILES string of the molecule is O=CCO.[BaH2]. The fourth-order valence-corrected chi connectivity index (χ4v) is 0. The van der Waals surface area contributed by atoms with Crippen molar-refractivity contribution in [2.45, 2.75) is 0 Å². The summed E-state index contributed by atoms with van der Waals surface area (Å²) in [6, 6.07) is 0. The first-order valence-electron chi connectivity index (χ1n) is 0.960. The number of carbonyl (C=O) groups is 1. The molecule has 0 aliphatic carbocycles. The van der Waals surface area contributed by atoms with Crippen LogP contribution < -0.4 is 0 Å². The van der Waals surface area contributed by atoms with Crippen molar-refractivity contribution in [3.8, 4) is 0 Å². The van der Waals surface area contributed by atoms with Crippen LogP contribution >= 0.6 is 0 Å². The van der Waals surface area contributed by atoms with Crippen LogP contribution in [0.25, 0.3) is 0 Å². The molecule has 5 heavy (non-hydrogen) atoms. The average Bonchev–Trinajstić information content (AvgIpc) is 1.37. The quantitative estimate of drug-likeness (QED) is 0.402. The number of hydrogen-bond acceptors (Lipinski definition) is 2. The van der Waals surface area contributed by atoms with Crippen LogP contribution in [0, 0.1) is 0 Å². The van der Waals surface area contributed by atoms with Crippen LogP contribution in [0.5, 0.6) is 0 Å². The molecule has 3 heteroatoms. The summed E-state index contributed by atoms with van der Waals surface area (Å²) in [5.74, 6) is 0. The Kier molecular flexibility index (Phi) is 17.0. The van der Waals surface area contributed by atoms with Gasteiger partial charge in [0.2, 0.25) is 0 Å². The van der Waals surface area contributed by atoms with E-state index < -0.39 is 0 Å².